The van der Waals surface area contributed by atoms with Gasteiger partial charge in [-0.15, -0.1) is 0 Å². The van der Waals surface area contributed by atoms with Gasteiger partial charge in [0.1, 0.15) is 0 Å². The molecule has 0 saturated carbocycles. The number of halogens is 4. The number of alkyl halides is 3. The maximum Gasteiger partial charge on any atom is 0.426 e. The molecule has 1 aromatic carbocycles. The maximum absolute atomic E-state index is 13.6. The van der Waals surface area contributed by atoms with E-state index in [1.54, 1.807) is 23.1 Å². The van der Waals surface area contributed by atoms with Crippen LogP contribution < -0.4 is 10.1 Å². The van der Waals surface area contributed by atoms with Gasteiger partial charge < -0.3 is 14.2 Å². The monoisotopic (exact) mass is 473 g/mol. The van der Waals surface area contributed by atoms with Crippen LogP contribution in [0.15, 0.2) is 42.5 Å². The van der Waals surface area contributed by atoms with Gasteiger partial charge in [-0.2, -0.15) is 13.2 Å². The Morgan fingerprint density at radius 3 is 2.75 bits per heavy atom. The number of pyridine rings is 1. The van der Waals surface area contributed by atoms with E-state index in [2.05, 4.69) is 10.3 Å². The molecule has 0 bridgehead atoms. The Morgan fingerprint density at radius 1 is 1.31 bits per heavy atom. The van der Waals surface area contributed by atoms with Crippen molar-refractivity contribution in [2.45, 2.75) is 24.8 Å². The van der Waals surface area contributed by atoms with Crippen LogP contribution in [0.25, 0.3) is 0 Å². The molecule has 11 heteroatoms. The summed E-state index contributed by atoms with van der Waals surface area (Å²) in [4.78, 5) is 17.9. The molecule has 2 heterocycles. The number of amides is 1. The van der Waals surface area contributed by atoms with E-state index in [-0.39, 0.29) is 31.5 Å². The summed E-state index contributed by atoms with van der Waals surface area (Å²) >= 11 is 5.76. The van der Waals surface area contributed by atoms with Gasteiger partial charge in [0.2, 0.25) is 12.0 Å². The van der Waals surface area contributed by atoms with Gasteiger partial charge in [-0.3, -0.25) is 10.2 Å². The summed E-state index contributed by atoms with van der Waals surface area (Å²) in [5, 5.41) is 2.71. The van der Waals surface area contributed by atoms with Crippen LogP contribution in [0.4, 0.5) is 23.7 Å². The van der Waals surface area contributed by atoms with Crippen molar-refractivity contribution in [3.63, 3.8) is 0 Å². The maximum atomic E-state index is 13.6. The number of benzene rings is 1. The fourth-order valence-electron chi connectivity index (χ4n) is 3.24. The summed E-state index contributed by atoms with van der Waals surface area (Å²) in [5.74, 6) is 0.451. The molecule has 1 unspecified atom stereocenters. The number of carbonyl (C=O) groups is 1. The Kier molecular flexibility index (Phi) is 8.16. The number of nitrogens with zero attached hydrogens (tertiary/aromatic N) is 2. The Labute approximate surface area is 188 Å². The highest BCUT2D eigenvalue weighted by molar-refractivity contribution is 6.30. The summed E-state index contributed by atoms with van der Waals surface area (Å²) in [6.07, 6.45) is -8.13. The second kappa shape index (κ2) is 10.8. The van der Waals surface area contributed by atoms with Crippen LogP contribution >= 0.6 is 11.6 Å². The third-order valence-corrected chi connectivity index (χ3v) is 5.03. The second-order valence-electron chi connectivity index (χ2n) is 7.20. The molecule has 32 heavy (non-hydrogen) atoms. The number of nitrogens with one attached hydrogen (secondary N) is 1. The summed E-state index contributed by atoms with van der Waals surface area (Å²) in [6.45, 7) is 0.295. The average Bonchev–Trinajstić information content (AvgIpc) is 2.75. The lowest BCUT2D eigenvalue weighted by Crippen LogP contribution is -2.50. The van der Waals surface area contributed by atoms with Crippen molar-refractivity contribution >= 4 is 23.4 Å². The number of aromatic nitrogens is 1. The van der Waals surface area contributed by atoms with E-state index < -0.39 is 24.9 Å². The SMILES string of the molecule is COc1cccc(C[C@@H]2CN(CC(OC(=O)Nc3ccc(Cl)cc3)C(F)(F)F)CCO2)n1. The van der Waals surface area contributed by atoms with Gasteiger partial charge in [0, 0.05) is 48.5 Å². The molecule has 1 saturated heterocycles. The minimum absolute atomic E-state index is 0.244. The van der Waals surface area contributed by atoms with E-state index in [0.717, 1.165) is 0 Å². The third kappa shape index (κ3) is 7.25. The molecule has 2 aromatic rings. The van der Waals surface area contributed by atoms with Crippen molar-refractivity contribution in [3.05, 3.63) is 53.2 Å². The van der Waals surface area contributed by atoms with Gasteiger partial charge in [-0.25, -0.2) is 9.78 Å². The smallest absolute Gasteiger partial charge is 0.426 e. The molecular weight excluding hydrogens is 451 g/mol. The van der Waals surface area contributed by atoms with E-state index in [0.29, 0.717) is 23.0 Å². The summed E-state index contributed by atoms with van der Waals surface area (Å²) in [7, 11) is 1.51. The van der Waals surface area contributed by atoms with Gasteiger partial charge in [-0.1, -0.05) is 17.7 Å². The summed E-state index contributed by atoms with van der Waals surface area (Å²) in [6, 6.07) is 11.2. The molecule has 3 rings (SSSR count). The van der Waals surface area contributed by atoms with Crippen molar-refractivity contribution < 1.29 is 32.2 Å². The molecular formula is C21H23ClF3N3O4. The lowest BCUT2D eigenvalue weighted by Gasteiger charge is -2.35. The summed E-state index contributed by atoms with van der Waals surface area (Å²) in [5.41, 5.74) is 0.986. The number of ether oxygens (including phenoxy) is 3. The predicted molar refractivity (Wildman–Crippen MR) is 112 cm³/mol. The van der Waals surface area contributed by atoms with Crippen LogP contribution in [0.3, 0.4) is 0 Å². The zero-order valence-electron chi connectivity index (χ0n) is 17.3. The Bertz CT molecular complexity index is 899. The predicted octanol–water partition coefficient (Wildman–Crippen LogP) is 4.17. The van der Waals surface area contributed by atoms with Crippen LogP contribution in [-0.4, -0.2) is 67.7 Å². The van der Waals surface area contributed by atoms with Crippen molar-refractivity contribution in [3.8, 4) is 5.88 Å². The zero-order valence-corrected chi connectivity index (χ0v) is 18.0. The second-order valence-corrected chi connectivity index (χ2v) is 7.63. The van der Waals surface area contributed by atoms with Crippen LogP contribution in [0.1, 0.15) is 5.69 Å². The number of methoxy groups -OCH3 is 1. The molecule has 0 radical (unpaired) electrons. The first kappa shape index (κ1) is 24.1. The average molecular weight is 474 g/mol. The molecule has 1 aliphatic heterocycles. The number of hydrogen-bond donors (Lipinski definition) is 1. The Balaban J connectivity index is 1.58. The van der Waals surface area contributed by atoms with Crippen LogP contribution in [0.5, 0.6) is 5.88 Å². The molecule has 0 aliphatic carbocycles. The van der Waals surface area contributed by atoms with Crippen molar-refractivity contribution in [2.75, 3.05) is 38.7 Å². The first-order valence-corrected chi connectivity index (χ1v) is 10.2. The Morgan fingerprint density at radius 2 is 2.06 bits per heavy atom. The highest BCUT2D eigenvalue weighted by atomic mass is 35.5. The van der Waals surface area contributed by atoms with Crippen LogP contribution in [-0.2, 0) is 15.9 Å². The first-order chi connectivity index (χ1) is 15.2. The molecule has 174 valence electrons. The fourth-order valence-corrected chi connectivity index (χ4v) is 3.37. The number of morpholine rings is 1. The molecule has 1 aliphatic rings. The normalized spacial score (nSPS) is 18.1. The number of rotatable bonds is 7. The number of anilines is 1. The Hall–Kier alpha value is -2.56. The standard InChI is InChI=1S/C21H23ClF3N3O4/c1-30-19-4-2-3-16(26-19)11-17-12-28(9-10-31-17)13-18(21(23,24)25)32-20(29)27-15-7-5-14(22)6-8-15/h2-8,17-18H,9-13H2,1H3,(H,27,29)/t17-,18?/m1/s1. The lowest BCUT2D eigenvalue weighted by atomic mass is 10.1. The van der Waals surface area contributed by atoms with Gasteiger partial charge in [0.25, 0.3) is 0 Å². The molecule has 1 amide bonds. The summed E-state index contributed by atoms with van der Waals surface area (Å²) < 4.78 is 56.1. The minimum atomic E-state index is -4.72. The minimum Gasteiger partial charge on any atom is -0.481 e. The highest BCUT2D eigenvalue weighted by Gasteiger charge is 2.44. The van der Waals surface area contributed by atoms with Gasteiger partial charge in [-0.05, 0) is 30.3 Å². The van der Waals surface area contributed by atoms with Crippen molar-refractivity contribution in [1.82, 2.24) is 9.88 Å². The number of carbonyl (C=O) groups excluding carboxylic acids is 1. The molecule has 7 nitrogen and oxygen atoms in total. The van der Waals surface area contributed by atoms with Gasteiger partial charge >= 0.3 is 12.3 Å². The molecule has 1 aromatic heterocycles. The topological polar surface area (TPSA) is 72.9 Å². The number of hydrogen-bond acceptors (Lipinski definition) is 6. The van der Waals surface area contributed by atoms with Crippen molar-refractivity contribution in [2.24, 2.45) is 0 Å². The van der Waals surface area contributed by atoms with Crippen molar-refractivity contribution in [1.29, 1.82) is 0 Å². The lowest BCUT2D eigenvalue weighted by molar-refractivity contribution is -0.209. The molecule has 1 N–H and O–H groups in total. The first-order valence-electron chi connectivity index (χ1n) is 9.86. The zero-order chi connectivity index (χ0) is 23.1. The van der Waals surface area contributed by atoms with Crippen LogP contribution in [0.2, 0.25) is 5.02 Å². The van der Waals surface area contributed by atoms with Gasteiger partial charge in [0.15, 0.2) is 0 Å². The van der Waals surface area contributed by atoms with Crippen LogP contribution in [0, 0.1) is 0 Å². The van der Waals surface area contributed by atoms with E-state index in [1.165, 1.54) is 31.4 Å². The van der Waals surface area contributed by atoms with E-state index in [9.17, 15) is 18.0 Å². The largest absolute Gasteiger partial charge is 0.481 e. The molecule has 2 atom stereocenters. The van der Waals surface area contributed by atoms with E-state index >= 15 is 0 Å². The highest BCUT2D eigenvalue weighted by Crippen LogP contribution is 2.25. The molecule has 1 fully saturated rings. The van der Waals surface area contributed by atoms with E-state index in [1.807, 2.05) is 0 Å². The third-order valence-electron chi connectivity index (χ3n) is 4.78. The van der Waals surface area contributed by atoms with E-state index in [4.69, 9.17) is 25.8 Å². The van der Waals surface area contributed by atoms with Gasteiger partial charge in [0.05, 0.1) is 19.8 Å². The fraction of sp³-hybridized carbons (Fsp3) is 0.429. The quantitative estimate of drug-likeness (QED) is 0.651. The molecule has 0 spiro atoms.